The Morgan fingerprint density at radius 1 is 1.54 bits per heavy atom. The van der Waals surface area contributed by atoms with Gasteiger partial charge in [-0.1, -0.05) is 6.58 Å². The van der Waals surface area contributed by atoms with Crippen LogP contribution in [0.25, 0.3) is 0 Å². The van der Waals surface area contributed by atoms with Gasteiger partial charge in [0.2, 0.25) is 0 Å². The average Bonchev–Trinajstić information content (AvgIpc) is 2.01. The van der Waals surface area contributed by atoms with E-state index in [2.05, 4.69) is 6.58 Å². The second kappa shape index (κ2) is 5.59. The van der Waals surface area contributed by atoms with E-state index in [9.17, 15) is 8.42 Å². The highest BCUT2D eigenvalue weighted by Gasteiger charge is 2.17. The van der Waals surface area contributed by atoms with Crippen LogP contribution in [0.4, 0.5) is 0 Å². The summed E-state index contributed by atoms with van der Waals surface area (Å²) in [4.78, 5) is -0.0573. The number of methoxy groups -OCH3 is 2. The first kappa shape index (κ1) is 12.9. The quantitative estimate of drug-likeness (QED) is 0.640. The van der Waals surface area contributed by atoms with Crippen LogP contribution < -0.4 is 0 Å². The molecule has 0 aliphatic rings. The molecule has 0 aromatic rings. The molecule has 1 atom stereocenters. The molecule has 0 rings (SSSR count). The molecule has 0 aromatic carbocycles. The lowest BCUT2D eigenvalue weighted by Crippen LogP contribution is -2.19. The van der Waals surface area contributed by atoms with Crippen molar-refractivity contribution >= 4 is 19.7 Å². The van der Waals surface area contributed by atoms with Crippen molar-refractivity contribution in [3.05, 3.63) is 11.5 Å². The van der Waals surface area contributed by atoms with Crippen molar-refractivity contribution < 1.29 is 17.9 Å². The number of ether oxygens (including phenoxy) is 2. The predicted octanol–water partition coefficient (Wildman–Crippen LogP) is 1.12. The summed E-state index contributed by atoms with van der Waals surface area (Å²) in [5.74, 6) is 0. The summed E-state index contributed by atoms with van der Waals surface area (Å²) in [6.45, 7) is 3.65. The van der Waals surface area contributed by atoms with E-state index in [1.165, 1.54) is 14.2 Å². The maximum absolute atomic E-state index is 10.8. The molecule has 0 radical (unpaired) electrons. The van der Waals surface area contributed by atoms with Crippen molar-refractivity contribution in [2.75, 3.05) is 20.8 Å². The highest BCUT2D eigenvalue weighted by molar-refractivity contribution is 8.16. The van der Waals surface area contributed by atoms with Gasteiger partial charge in [0, 0.05) is 31.3 Å². The summed E-state index contributed by atoms with van der Waals surface area (Å²) in [6, 6.07) is 0. The van der Waals surface area contributed by atoms with Crippen molar-refractivity contribution in [2.24, 2.45) is 0 Å². The van der Waals surface area contributed by atoms with Gasteiger partial charge in [-0.25, -0.2) is 8.42 Å². The Kier molecular flexibility index (Phi) is 5.55. The lowest BCUT2D eigenvalue weighted by atomic mass is 10.2. The minimum atomic E-state index is -3.68. The molecule has 13 heavy (non-hydrogen) atoms. The van der Waals surface area contributed by atoms with E-state index < -0.39 is 9.05 Å². The SMILES string of the molecule is C=C(C[C@H](COC)OC)S(=O)(=O)Cl. The van der Waals surface area contributed by atoms with Gasteiger partial charge in [-0.05, 0) is 0 Å². The zero-order valence-corrected chi connectivity index (χ0v) is 9.19. The first-order valence-electron chi connectivity index (χ1n) is 3.56. The third-order valence-electron chi connectivity index (χ3n) is 1.49. The van der Waals surface area contributed by atoms with Crippen molar-refractivity contribution in [1.82, 2.24) is 0 Å². The van der Waals surface area contributed by atoms with Gasteiger partial charge < -0.3 is 9.47 Å². The summed E-state index contributed by atoms with van der Waals surface area (Å²) >= 11 is 0. The van der Waals surface area contributed by atoms with Gasteiger partial charge in [0.15, 0.2) is 0 Å². The van der Waals surface area contributed by atoms with Gasteiger partial charge in [0.25, 0.3) is 9.05 Å². The largest absolute Gasteiger partial charge is 0.382 e. The van der Waals surface area contributed by atoms with E-state index in [0.717, 1.165) is 0 Å². The van der Waals surface area contributed by atoms with E-state index in [0.29, 0.717) is 6.61 Å². The molecule has 0 aliphatic heterocycles. The fraction of sp³-hybridized carbons (Fsp3) is 0.714. The van der Waals surface area contributed by atoms with Gasteiger partial charge >= 0.3 is 0 Å². The van der Waals surface area contributed by atoms with Gasteiger partial charge in [-0.15, -0.1) is 0 Å². The standard InChI is InChI=1S/C7H13ClO4S/c1-6(13(8,9)10)4-7(12-3)5-11-2/h7H,1,4-5H2,2-3H3/t7-/m1/s1. The maximum atomic E-state index is 10.8. The minimum absolute atomic E-state index is 0.0573. The smallest absolute Gasteiger partial charge is 0.256 e. The summed E-state index contributed by atoms with van der Waals surface area (Å²) in [5, 5.41) is 0. The second-order valence-electron chi connectivity index (χ2n) is 2.49. The molecule has 4 nitrogen and oxygen atoms in total. The zero-order valence-electron chi connectivity index (χ0n) is 7.62. The molecule has 0 aliphatic carbocycles. The maximum Gasteiger partial charge on any atom is 0.256 e. The van der Waals surface area contributed by atoms with Crippen LogP contribution in [0, 0.1) is 0 Å². The first-order valence-corrected chi connectivity index (χ1v) is 5.87. The Balaban J connectivity index is 4.18. The molecule has 0 saturated carbocycles. The Labute approximate surface area is 82.9 Å². The Morgan fingerprint density at radius 3 is 2.38 bits per heavy atom. The Morgan fingerprint density at radius 2 is 2.08 bits per heavy atom. The molecule has 0 bridgehead atoms. The molecular weight excluding hydrogens is 216 g/mol. The molecule has 0 unspecified atom stereocenters. The predicted molar refractivity (Wildman–Crippen MR) is 51.2 cm³/mol. The lowest BCUT2D eigenvalue weighted by Gasteiger charge is -2.13. The molecule has 0 fully saturated rings. The fourth-order valence-electron chi connectivity index (χ4n) is 0.750. The Bertz CT molecular complexity index is 260. The van der Waals surface area contributed by atoms with Crippen LogP contribution in [0.15, 0.2) is 11.5 Å². The molecule has 6 heteroatoms. The highest BCUT2D eigenvalue weighted by atomic mass is 35.7. The van der Waals surface area contributed by atoms with E-state index >= 15 is 0 Å². The van der Waals surface area contributed by atoms with E-state index in [1.807, 2.05) is 0 Å². The molecule has 0 saturated heterocycles. The van der Waals surface area contributed by atoms with Crippen molar-refractivity contribution in [3.63, 3.8) is 0 Å². The summed E-state index contributed by atoms with van der Waals surface area (Å²) < 4.78 is 31.3. The average molecular weight is 229 g/mol. The second-order valence-corrected chi connectivity index (χ2v) is 5.17. The number of halogens is 1. The summed E-state index contributed by atoms with van der Waals surface area (Å²) in [5.41, 5.74) is 0. The highest BCUT2D eigenvalue weighted by Crippen LogP contribution is 2.16. The van der Waals surface area contributed by atoms with Gasteiger partial charge in [0.05, 0.1) is 17.6 Å². The number of hydrogen-bond acceptors (Lipinski definition) is 4. The third-order valence-corrected chi connectivity index (χ3v) is 3.00. The Hall–Kier alpha value is -0.100. The van der Waals surface area contributed by atoms with Crippen LogP contribution in [0.5, 0.6) is 0 Å². The third kappa shape index (κ3) is 5.25. The topological polar surface area (TPSA) is 52.6 Å². The van der Waals surface area contributed by atoms with Crippen molar-refractivity contribution in [1.29, 1.82) is 0 Å². The molecule has 78 valence electrons. The van der Waals surface area contributed by atoms with Crippen LogP contribution in [0.1, 0.15) is 6.42 Å². The van der Waals surface area contributed by atoms with Crippen LogP contribution in [-0.2, 0) is 18.5 Å². The summed E-state index contributed by atoms with van der Waals surface area (Å²) in [7, 11) is 4.35. The van der Waals surface area contributed by atoms with Crippen LogP contribution in [0.2, 0.25) is 0 Å². The monoisotopic (exact) mass is 228 g/mol. The van der Waals surface area contributed by atoms with Crippen molar-refractivity contribution in [2.45, 2.75) is 12.5 Å². The van der Waals surface area contributed by atoms with E-state index in [-0.39, 0.29) is 17.4 Å². The van der Waals surface area contributed by atoms with Crippen molar-refractivity contribution in [3.8, 4) is 0 Å². The molecular formula is C7H13ClO4S. The van der Waals surface area contributed by atoms with E-state index in [4.69, 9.17) is 20.2 Å². The van der Waals surface area contributed by atoms with Crippen LogP contribution in [0.3, 0.4) is 0 Å². The molecule has 0 amide bonds. The molecule has 0 heterocycles. The van der Waals surface area contributed by atoms with Gasteiger partial charge in [0.1, 0.15) is 0 Å². The lowest BCUT2D eigenvalue weighted by molar-refractivity contribution is 0.0299. The van der Waals surface area contributed by atoms with Crippen LogP contribution >= 0.6 is 10.7 Å². The van der Waals surface area contributed by atoms with E-state index in [1.54, 1.807) is 0 Å². The molecule has 0 aromatic heterocycles. The number of rotatable bonds is 6. The fourth-order valence-corrected chi connectivity index (χ4v) is 1.32. The summed E-state index contributed by atoms with van der Waals surface area (Å²) in [6.07, 6.45) is -0.179. The van der Waals surface area contributed by atoms with Gasteiger partial charge in [-0.2, -0.15) is 0 Å². The van der Waals surface area contributed by atoms with Gasteiger partial charge in [-0.3, -0.25) is 0 Å². The normalized spacial score (nSPS) is 14.1. The number of hydrogen-bond donors (Lipinski definition) is 0. The first-order chi connectivity index (χ1) is 5.91. The molecule has 0 N–H and O–H groups in total. The zero-order chi connectivity index (χ0) is 10.5. The van der Waals surface area contributed by atoms with Crippen LogP contribution in [-0.4, -0.2) is 35.3 Å². The molecule has 0 spiro atoms. The minimum Gasteiger partial charge on any atom is -0.382 e.